The molecule has 1 aromatic carbocycles. The fourth-order valence-electron chi connectivity index (χ4n) is 2.41. The molecular formula is C19H24N2O5S2. The summed E-state index contributed by atoms with van der Waals surface area (Å²) in [5.41, 5.74) is 1.22. The van der Waals surface area contributed by atoms with Gasteiger partial charge in [0.1, 0.15) is 5.00 Å². The van der Waals surface area contributed by atoms with E-state index < -0.39 is 21.9 Å². The first-order chi connectivity index (χ1) is 13.2. The SMILES string of the molecule is CCOC(=O)c1cc(CC)sc1NC(=O)CN(C)S(=O)(=O)c1ccc(C)cc1. The number of hydrogen-bond acceptors (Lipinski definition) is 6. The van der Waals surface area contributed by atoms with Gasteiger partial charge in [0.15, 0.2) is 0 Å². The van der Waals surface area contributed by atoms with Crippen molar-refractivity contribution in [3.63, 3.8) is 0 Å². The molecule has 0 unspecified atom stereocenters. The maximum atomic E-state index is 12.6. The second-order valence-corrected chi connectivity index (χ2v) is 9.33. The summed E-state index contributed by atoms with van der Waals surface area (Å²) < 4.78 is 31.2. The van der Waals surface area contributed by atoms with Crippen molar-refractivity contribution in [2.45, 2.75) is 32.1 Å². The molecule has 1 heterocycles. The predicted octanol–water partition coefficient (Wildman–Crippen LogP) is 3.05. The van der Waals surface area contributed by atoms with Crippen molar-refractivity contribution in [1.82, 2.24) is 4.31 Å². The topological polar surface area (TPSA) is 92.8 Å². The van der Waals surface area contributed by atoms with Crippen molar-refractivity contribution in [2.24, 2.45) is 0 Å². The zero-order chi connectivity index (χ0) is 20.9. The van der Waals surface area contributed by atoms with Crippen molar-refractivity contribution in [1.29, 1.82) is 0 Å². The van der Waals surface area contributed by atoms with Gasteiger partial charge < -0.3 is 10.1 Å². The number of thiophene rings is 1. The van der Waals surface area contributed by atoms with E-state index in [-0.39, 0.29) is 23.6 Å². The molecular weight excluding hydrogens is 400 g/mol. The summed E-state index contributed by atoms with van der Waals surface area (Å²) in [5, 5.41) is 3.00. The van der Waals surface area contributed by atoms with Crippen LogP contribution in [0.4, 0.5) is 5.00 Å². The Morgan fingerprint density at radius 1 is 1.18 bits per heavy atom. The normalized spacial score (nSPS) is 11.5. The van der Waals surface area contributed by atoms with Crippen LogP contribution in [0.15, 0.2) is 35.2 Å². The second kappa shape index (κ2) is 9.31. The summed E-state index contributed by atoms with van der Waals surface area (Å²) in [6.07, 6.45) is 0.703. The number of nitrogens with zero attached hydrogens (tertiary/aromatic N) is 1. The van der Waals surface area contributed by atoms with Gasteiger partial charge >= 0.3 is 5.97 Å². The first-order valence-electron chi connectivity index (χ1n) is 8.81. The highest BCUT2D eigenvalue weighted by molar-refractivity contribution is 7.89. The molecule has 0 aliphatic carbocycles. The Balaban J connectivity index is 2.14. The first kappa shape index (κ1) is 22.1. The van der Waals surface area contributed by atoms with Crippen LogP contribution in [-0.2, 0) is 26.0 Å². The van der Waals surface area contributed by atoms with Gasteiger partial charge in [0.05, 0.1) is 23.6 Å². The van der Waals surface area contributed by atoms with Crippen LogP contribution >= 0.6 is 11.3 Å². The molecule has 2 rings (SSSR count). The van der Waals surface area contributed by atoms with E-state index in [0.717, 1.165) is 14.7 Å². The van der Waals surface area contributed by atoms with Crippen LogP contribution in [0.2, 0.25) is 0 Å². The van der Waals surface area contributed by atoms with Crippen LogP contribution in [0.3, 0.4) is 0 Å². The molecule has 0 bridgehead atoms. The van der Waals surface area contributed by atoms with Gasteiger partial charge in [0, 0.05) is 11.9 Å². The lowest BCUT2D eigenvalue weighted by Gasteiger charge is -2.17. The highest BCUT2D eigenvalue weighted by Crippen LogP contribution is 2.29. The van der Waals surface area contributed by atoms with Gasteiger partial charge in [-0.25, -0.2) is 13.2 Å². The third-order valence-electron chi connectivity index (χ3n) is 3.98. The molecule has 0 spiro atoms. The molecule has 2 aromatic rings. The lowest BCUT2D eigenvalue weighted by atomic mass is 10.2. The van der Waals surface area contributed by atoms with Crippen LogP contribution < -0.4 is 5.32 Å². The molecule has 7 nitrogen and oxygen atoms in total. The van der Waals surface area contributed by atoms with Gasteiger partial charge in [-0.05, 0) is 38.5 Å². The number of esters is 1. The van der Waals surface area contributed by atoms with Gasteiger partial charge in [0.25, 0.3) is 0 Å². The Morgan fingerprint density at radius 2 is 1.82 bits per heavy atom. The number of amides is 1. The summed E-state index contributed by atoms with van der Waals surface area (Å²) in [5.74, 6) is -1.05. The van der Waals surface area contributed by atoms with E-state index in [4.69, 9.17) is 4.74 Å². The van der Waals surface area contributed by atoms with E-state index in [1.165, 1.54) is 30.5 Å². The molecule has 0 atom stereocenters. The van der Waals surface area contributed by atoms with E-state index in [0.29, 0.717) is 11.4 Å². The predicted molar refractivity (Wildman–Crippen MR) is 109 cm³/mol. The fraction of sp³-hybridized carbons (Fsp3) is 0.368. The average molecular weight is 425 g/mol. The number of sulfonamides is 1. The Labute approximate surface area is 169 Å². The summed E-state index contributed by atoms with van der Waals surface area (Å²) in [7, 11) is -2.45. The standard InChI is InChI=1S/C19H24N2O5S2/c1-5-14-11-16(19(23)26-6-2)18(27-14)20-17(22)12-21(4)28(24,25)15-9-7-13(3)8-10-15/h7-11H,5-6,12H2,1-4H3,(H,20,22). The first-order valence-corrected chi connectivity index (χ1v) is 11.1. The van der Waals surface area contributed by atoms with Crippen LogP contribution in [0.5, 0.6) is 0 Å². The number of likely N-dealkylation sites (N-methyl/N-ethyl adjacent to an activating group) is 1. The smallest absolute Gasteiger partial charge is 0.341 e. The van der Waals surface area contributed by atoms with Crippen LogP contribution in [0.25, 0.3) is 0 Å². The minimum Gasteiger partial charge on any atom is -0.462 e. The maximum Gasteiger partial charge on any atom is 0.341 e. The van der Waals surface area contributed by atoms with Crippen LogP contribution in [0, 0.1) is 6.92 Å². The number of benzene rings is 1. The number of rotatable bonds is 8. The molecule has 0 saturated heterocycles. The van der Waals surface area contributed by atoms with E-state index in [9.17, 15) is 18.0 Å². The highest BCUT2D eigenvalue weighted by atomic mass is 32.2. The average Bonchev–Trinajstić information content (AvgIpc) is 3.05. The molecule has 1 amide bonds. The Morgan fingerprint density at radius 3 is 2.39 bits per heavy atom. The molecule has 0 saturated carbocycles. The number of nitrogens with one attached hydrogen (secondary N) is 1. The third kappa shape index (κ3) is 5.18. The molecule has 0 aliphatic heterocycles. The van der Waals surface area contributed by atoms with Crippen molar-refractivity contribution in [3.8, 4) is 0 Å². The van der Waals surface area contributed by atoms with Gasteiger partial charge in [-0.15, -0.1) is 11.3 Å². The zero-order valence-corrected chi connectivity index (χ0v) is 17.9. The zero-order valence-electron chi connectivity index (χ0n) is 16.3. The summed E-state index contributed by atoms with van der Waals surface area (Å²) in [6.45, 7) is 5.35. The minimum absolute atomic E-state index is 0.116. The van der Waals surface area contributed by atoms with Gasteiger partial charge in [0.2, 0.25) is 15.9 Å². The van der Waals surface area contributed by atoms with Crippen molar-refractivity contribution in [2.75, 3.05) is 25.5 Å². The van der Waals surface area contributed by atoms with Gasteiger partial charge in [-0.1, -0.05) is 24.6 Å². The molecule has 0 fully saturated rings. The largest absolute Gasteiger partial charge is 0.462 e. The van der Waals surface area contributed by atoms with E-state index in [1.54, 1.807) is 25.1 Å². The van der Waals surface area contributed by atoms with Crippen molar-refractivity contribution in [3.05, 3.63) is 46.3 Å². The Bertz CT molecular complexity index is 949. The third-order valence-corrected chi connectivity index (χ3v) is 6.99. The van der Waals surface area contributed by atoms with Crippen LogP contribution in [-0.4, -0.2) is 44.8 Å². The summed E-state index contributed by atoms with van der Waals surface area (Å²) >= 11 is 1.27. The van der Waals surface area contributed by atoms with Gasteiger partial charge in [-0.2, -0.15) is 4.31 Å². The van der Waals surface area contributed by atoms with E-state index in [1.807, 2.05) is 13.8 Å². The second-order valence-electron chi connectivity index (χ2n) is 6.15. The Kier molecular flexibility index (Phi) is 7.34. The lowest BCUT2D eigenvalue weighted by Crippen LogP contribution is -2.35. The van der Waals surface area contributed by atoms with Gasteiger partial charge in [-0.3, -0.25) is 4.79 Å². The quantitative estimate of drug-likeness (QED) is 0.658. The van der Waals surface area contributed by atoms with Crippen molar-refractivity contribution >= 4 is 38.2 Å². The number of carbonyl (C=O) groups is 2. The maximum absolute atomic E-state index is 12.6. The molecule has 0 aliphatic rings. The molecule has 9 heteroatoms. The van der Waals surface area contributed by atoms with E-state index >= 15 is 0 Å². The molecule has 152 valence electrons. The lowest BCUT2D eigenvalue weighted by molar-refractivity contribution is -0.116. The number of hydrogen-bond donors (Lipinski definition) is 1. The summed E-state index contributed by atoms with van der Waals surface area (Å²) in [6, 6.07) is 8.09. The molecule has 1 aromatic heterocycles. The Hall–Kier alpha value is -2.23. The minimum atomic E-state index is -3.79. The number of aryl methyl sites for hydroxylation is 2. The van der Waals surface area contributed by atoms with Crippen molar-refractivity contribution < 1.29 is 22.7 Å². The molecule has 28 heavy (non-hydrogen) atoms. The highest BCUT2D eigenvalue weighted by Gasteiger charge is 2.24. The van der Waals surface area contributed by atoms with E-state index in [2.05, 4.69) is 5.32 Å². The fourth-order valence-corrected chi connectivity index (χ4v) is 4.54. The number of ether oxygens (including phenoxy) is 1. The molecule has 1 N–H and O–H groups in total. The number of carbonyl (C=O) groups excluding carboxylic acids is 2. The monoisotopic (exact) mass is 424 g/mol. The summed E-state index contributed by atoms with van der Waals surface area (Å²) in [4.78, 5) is 25.6. The molecule has 0 radical (unpaired) electrons. The number of anilines is 1. The van der Waals surface area contributed by atoms with Crippen LogP contribution in [0.1, 0.15) is 34.6 Å².